The van der Waals surface area contributed by atoms with Crippen molar-refractivity contribution >= 4 is 29.6 Å². The summed E-state index contributed by atoms with van der Waals surface area (Å²) >= 11 is 0. The highest BCUT2D eigenvalue weighted by Crippen LogP contribution is 2.50. The van der Waals surface area contributed by atoms with Crippen LogP contribution in [0.15, 0.2) is 0 Å². The SMILES string of the molecule is CC(C)(C)C.CC(C)(C)C(C)(C)C.CC(C)(C)C(C)(C)C(=O)N1C2CCC1CC2.CC(C)(C)C(C)(C)C(=O)N1CC2CCC1CC2.CC(C)(C)C(C)(C)C(=O)N1CCCC1.CC(C)(C)C(C)(C)C(=O)N1CCCCC1.CC(C)(C)C(C)(C)CN1C2CCC1CC2.CC(C)(C)C(C)(C)CO.CC(C)OC(=O)C(C)(C)C(C)(C)C. The summed E-state index contributed by atoms with van der Waals surface area (Å²) in [6, 6.07) is 3.50. The number of fused-ring (bicyclic) bond motifs is 7. The Bertz CT molecular complexity index is 2770. The van der Waals surface area contributed by atoms with E-state index in [1.165, 1.54) is 116 Å². The van der Waals surface area contributed by atoms with E-state index in [9.17, 15) is 24.0 Å². The first kappa shape index (κ1) is 109. The smallest absolute Gasteiger partial charge is 0.312 e. The van der Waals surface area contributed by atoms with Crippen LogP contribution in [0.4, 0.5) is 0 Å². The van der Waals surface area contributed by atoms with Gasteiger partial charge < -0.3 is 29.4 Å². The fraction of sp³-hybridized carbons (Fsp3) is 0.950. The van der Waals surface area contributed by atoms with Crippen LogP contribution in [0.25, 0.3) is 0 Å². The Balaban J connectivity index is 0.00000126. The molecule has 9 aliphatic rings. The number of aliphatic hydroxyl groups is 1. The zero-order valence-electron chi connectivity index (χ0n) is 84.1. The fourth-order valence-electron chi connectivity index (χ4n) is 13.2. The fourth-order valence-corrected chi connectivity index (χ4v) is 13.2. The van der Waals surface area contributed by atoms with Crippen LogP contribution in [-0.2, 0) is 28.7 Å². The molecular formula is C100H197N5O7. The van der Waals surface area contributed by atoms with Crippen molar-refractivity contribution in [2.24, 2.45) is 98.0 Å². The number of carbonyl (C=O) groups excluding carboxylic acids is 5. The number of likely N-dealkylation sites (tertiary alicyclic amines) is 2. The van der Waals surface area contributed by atoms with Gasteiger partial charge in [0.25, 0.3) is 0 Å². The largest absolute Gasteiger partial charge is 0.463 e. The van der Waals surface area contributed by atoms with Crippen LogP contribution in [0, 0.1) is 98.0 Å². The summed E-state index contributed by atoms with van der Waals surface area (Å²) in [5.74, 6) is 2.07. The Kier molecular flexibility index (Phi) is 39.6. The minimum atomic E-state index is -0.433. The summed E-state index contributed by atoms with van der Waals surface area (Å²) in [5.41, 5.74) is 1.05. The van der Waals surface area contributed by atoms with Crippen LogP contribution < -0.4 is 0 Å². The third-order valence-corrected chi connectivity index (χ3v) is 31.0. The predicted octanol–water partition coefficient (Wildman–Crippen LogP) is 26.3. The molecule has 4 amide bonds. The van der Waals surface area contributed by atoms with Gasteiger partial charge in [-0.25, -0.2) is 0 Å². The zero-order chi connectivity index (χ0) is 89.0. The van der Waals surface area contributed by atoms with Crippen LogP contribution in [0.5, 0.6) is 0 Å². The summed E-state index contributed by atoms with van der Waals surface area (Å²) in [6.45, 7) is 108. The summed E-state index contributed by atoms with van der Waals surface area (Å²) in [5, 5.41) is 8.93. The van der Waals surface area contributed by atoms with Gasteiger partial charge in [0.1, 0.15) is 0 Å². The predicted molar refractivity (Wildman–Crippen MR) is 484 cm³/mol. The Labute approximate surface area is 698 Å². The molecule has 8 saturated heterocycles. The molecular weight excluding hydrogens is 1380 g/mol. The van der Waals surface area contributed by atoms with E-state index in [2.05, 4.69) is 317 Å². The second-order valence-corrected chi connectivity index (χ2v) is 51.0. The van der Waals surface area contributed by atoms with E-state index in [0.717, 1.165) is 50.7 Å². The monoisotopic (exact) mass is 1580 g/mol. The molecule has 0 aromatic heterocycles. The number of amides is 4. The van der Waals surface area contributed by atoms with E-state index in [1.54, 1.807) is 0 Å². The molecule has 0 aromatic rings. The lowest BCUT2D eigenvalue weighted by atomic mass is 9.67. The third kappa shape index (κ3) is 31.4. The molecule has 0 radical (unpaired) electrons. The maximum atomic E-state index is 12.8. The second kappa shape index (κ2) is 40.6. The quantitative estimate of drug-likeness (QED) is 0.226. The van der Waals surface area contributed by atoms with Crippen molar-refractivity contribution < 1.29 is 33.8 Å². The van der Waals surface area contributed by atoms with Gasteiger partial charge in [0.05, 0.1) is 11.5 Å². The molecule has 6 bridgehead atoms. The first-order chi connectivity index (χ1) is 49.5. The molecule has 1 saturated carbocycles. The molecule has 12 heteroatoms. The van der Waals surface area contributed by atoms with Gasteiger partial charge in [0.15, 0.2) is 0 Å². The highest BCUT2D eigenvalue weighted by molar-refractivity contribution is 5.85. The zero-order valence-corrected chi connectivity index (χ0v) is 84.1. The summed E-state index contributed by atoms with van der Waals surface area (Å²) in [6.07, 6.45) is 21.9. The van der Waals surface area contributed by atoms with E-state index >= 15 is 0 Å². The van der Waals surface area contributed by atoms with Crippen molar-refractivity contribution in [3.05, 3.63) is 0 Å². The molecule has 0 unspecified atom stereocenters. The Morgan fingerprint density at radius 3 is 0.804 bits per heavy atom. The molecule has 1 N–H and O–H groups in total. The molecule has 1 aliphatic carbocycles. The molecule has 112 heavy (non-hydrogen) atoms. The summed E-state index contributed by atoms with van der Waals surface area (Å²) in [4.78, 5) is 73.1. The maximum absolute atomic E-state index is 12.8. The van der Waals surface area contributed by atoms with E-state index in [1.807, 2.05) is 32.6 Å². The minimum Gasteiger partial charge on any atom is -0.463 e. The minimum absolute atomic E-state index is 0.0285. The Hall–Kier alpha value is -2.73. The van der Waals surface area contributed by atoms with Gasteiger partial charge >= 0.3 is 5.97 Å². The van der Waals surface area contributed by atoms with E-state index in [-0.39, 0.29) is 78.2 Å². The van der Waals surface area contributed by atoms with Gasteiger partial charge in [-0.05, 0) is 208 Å². The lowest BCUT2D eigenvalue weighted by Crippen LogP contribution is -2.56. The Morgan fingerprint density at radius 1 is 0.312 bits per heavy atom. The van der Waals surface area contributed by atoms with Crippen LogP contribution in [-0.4, -0.2) is 141 Å². The molecule has 8 aliphatic heterocycles. The highest BCUT2D eigenvalue weighted by atomic mass is 16.5. The number of carbonyl (C=O) groups is 5. The van der Waals surface area contributed by atoms with Crippen LogP contribution in [0.1, 0.15) is 435 Å². The summed E-state index contributed by atoms with van der Waals surface area (Å²) in [7, 11) is 0. The molecule has 9 rings (SSSR count). The van der Waals surface area contributed by atoms with Gasteiger partial charge in [0.2, 0.25) is 23.6 Å². The lowest BCUT2D eigenvalue weighted by Gasteiger charge is -2.50. The number of hydrogen-bond donors (Lipinski definition) is 1. The number of aliphatic hydroxyl groups excluding tert-OH is 1. The third-order valence-electron chi connectivity index (χ3n) is 31.0. The average molecular weight is 1580 g/mol. The number of piperidine rings is 3. The van der Waals surface area contributed by atoms with Crippen molar-refractivity contribution in [2.45, 2.75) is 471 Å². The van der Waals surface area contributed by atoms with E-state index in [4.69, 9.17) is 9.84 Å². The van der Waals surface area contributed by atoms with Crippen LogP contribution >= 0.6 is 0 Å². The molecule has 664 valence electrons. The number of rotatable bonds is 9. The van der Waals surface area contributed by atoms with Gasteiger partial charge in [-0.3, -0.25) is 28.9 Å². The number of esters is 1. The van der Waals surface area contributed by atoms with E-state index in [0.29, 0.717) is 68.8 Å². The van der Waals surface area contributed by atoms with Gasteiger partial charge in [-0.2, -0.15) is 0 Å². The van der Waals surface area contributed by atoms with Crippen molar-refractivity contribution in [3.63, 3.8) is 0 Å². The van der Waals surface area contributed by atoms with Crippen LogP contribution in [0.2, 0.25) is 0 Å². The average Bonchev–Trinajstić information content (AvgIpc) is 1.45. The maximum Gasteiger partial charge on any atom is 0.312 e. The normalized spacial score (nSPS) is 22.3. The molecule has 9 fully saturated rings. The van der Waals surface area contributed by atoms with Crippen LogP contribution in [0.3, 0.4) is 0 Å². The molecule has 0 aromatic carbocycles. The lowest BCUT2D eigenvalue weighted by molar-refractivity contribution is -0.164. The molecule has 12 nitrogen and oxygen atoms in total. The highest BCUT2D eigenvalue weighted by Gasteiger charge is 2.52. The molecule has 0 atom stereocenters. The molecule has 0 spiro atoms. The van der Waals surface area contributed by atoms with Gasteiger partial charge in [0, 0.05) is 97.7 Å². The van der Waals surface area contributed by atoms with Crippen molar-refractivity contribution in [2.75, 3.05) is 45.9 Å². The van der Waals surface area contributed by atoms with Crippen molar-refractivity contribution in [3.8, 4) is 0 Å². The number of nitrogens with zero attached hydrogens (tertiary/aromatic N) is 5. The number of ether oxygens (including phenoxy) is 1. The molecule has 8 heterocycles. The van der Waals surface area contributed by atoms with Crippen molar-refractivity contribution in [1.82, 2.24) is 24.5 Å². The standard InChI is InChI=1S/C15H27NO.C14H25NO.C14H27N.C13H25NO.C12H23NO.C11H22O2.C8H18O.C8H18.C5H12/c1-14(2,3)15(4,5)13(17)16-10-11-6-8-12(16)9-7-11;1-13(2,3)14(4,5)12(16)15-10-6-7-11(15)9-8-10;1-13(2,3)14(4,5)10-15-11-6-7-12(15)9-8-11;1-12(2,3)13(4,5)11(15)14-9-7-6-8-10-14;1-11(2,3)12(4,5)10(14)13-8-6-7-9-13;1-8(2)13-9(12)11(6,7)10(3,4)5;1-7(2,3)8(4,5)6-9;1-7(2,3)8(4,5)6;1-5(2,3)4/h11-12H,6-10H2,1-5H3;10-11H,6-9H2,1-5H3;11-12H,6-10H2,1-5H3;6-10H2,1-5H3;6-9H2,1-5H3;8H,1-7H3;9H,6H2,1-5H3;1-6H3;1-4H3. The second-order valence-electron chi connectivity index (χ2n) is 51.0. The van der Waals surface area contributed by atoms with E-state index < -0.39 is 5.41 Å². The topological polar surface area (TPSA) is 131 Å². The van der Waals surface area contributed by atoms with Gasteiger partial charge in [-0.1, -0.05) is 298 Å². The first-order valence-electron chi connectivity index (χ1n) is 45.3. The summed E-state index contributed by atoms with van der Waals surface area (Å²) < 4.78 is 5.20. The Morgan fingerprint density at radius 2 is 0.571 bits per heavy atom. The van der Waals surface area contributed by atoms with Crippen molar-refractivity contribution in [1.29, 1.82) is 0 Å². The first-order valence-corrected chi connectivity index (χ1v) is 45.3. The number of hydrogen-bond acceptors (Lipinski definition) is 8. The van der Waals surface area contributed by atoms with Gasteiger partial charge in [-0.15, -0.1) is 0 Å².